The van der Waals surface area contributed by atoms with Gasteiger partial charge in [0.15, 0.2) is 5.78 Å². The Kier molecular flexibility index (Phi) is 6.54. The zero-order valence-electron chi connectivity index (χ0n) is 8.58. The highest BCUT2D eigenvalue weighted by atomic mass is 16.2. The first-order valence-corrected chi connectivity index (χ1v) is 4.43. The minimum absolute atomic E-state index is 0.190. The lowest BCUT2D eigenvalue weighted by Gasteiger charge is -2.02. The fourth-order valence-electron chi connectivity index (χ4n) is 0.696. The predicted molar refractivity (Wildman–Crippen MR) is 56.0 cm³/mol. The van der Waals surface area contributed by atoms with Crippen molar-refractivity contribution in [2.75, 3.05) is 13.1 Å². The van der Waals surface area contributed by atoms with Gasteiger partial charge in [-0.1, -0.05) is 6.58 Å². The number of allylic oxidation sites excluding steroid dienone is 1. The van der Waals surface area contributed by atoms with Gasteiger partial charge in [-0.25, -0.2) is 0 Å². The largest absolute Gasteiger partial charge is 0.351 e. The smallest absolute Gasteiger partial charge is 0.244 e. The standard InChI is InChI=1S/C10H14N2O3/c1-3-9(14)11-6-7-12-10(15)5-4-8(2)13/h3-5H,1,6-7H2,2H3,(H,11,14)(H,12,15)/b5-4+. The second kappa shape index (κ2) is 7.49. The van der Waals surface area contributed by atoms with Gasteiger partial charge in [0, 0.05) is 19.2 Å². The predicted octanol–water partition coefficient (Wildman–Crippen LogP) is -0.450. The second-order valence-electron chi connectivity index (χ2n) is 2.73. The summed E-state index contributed by atoms with van der Waals surface area (Å²) < 4.78 is 0. The Morgan fingerprint density at radius 3 is 2.07 bits per heavy atom. The van der Waals surface area contributed by atoms with Crippen LogP contribution in [-0.4, -0.2) is 30.7 Å². The molecule has 0 unspecified atom stereocenters. The van der Waals surface area contributed by atoms with E-state index in [4.69, 9.17) is 0 Å². The molecule has 0 aromatic rings. The molecule has 0 aliphatic carbocycles. The van der Waals surface area contributed by atoms with Gasteiger partial charge in [-0.05, 0) is 19.1 Å². The first-order chi connectivity index (χ1) is 7.06. The van der Waals surface area contributed by atoms with Crippen molar-refractivity contribution >= 4 is 17.6 Å². The quantitative estimate of drug-likeness (QED) is 0.460. The molecule has 5 nitrogen and oxygen atoms in total. The minimum Gasteiger partial charge on any atom is -0.351 e. The summed E-state index contributed by atoms with van der Waals surface area (Å²) in [5, 5.41) is 4.98. The molecule has 0 heterocycles. The van der Waals surface area contributed by atoms with Gasteiger partial charge in [-0.15, -0.1) is 0 Å². The molecule has 0 rings (SSSR count). The van der Waals surface area contributed by atoms with E-state index in [9.17, 15) is 14.4 Å². The molecule has 0 saturated heterocycles. The third-order valence-corrected chi connectivity index (χ3v) is 1.38. The summed E-state index contributed by atoms with van der Waals surface area (Å²) in [6.07, 6.45) is 3.48. The van der Waals surface area contributed by atoms with Crippen LogP contribution in [-0.2, 0) is 14.4 Å². The van der Waals surface area contributed by atoms with E-state index in [0.29, 0.717) is 13.1 Å². The van der Waals surface area contributed by atoms with Gasteiger partial charge in [0.05, 0.1) is 0 Å². The SMILES string of the molecule is C=CC(=O)NCCNC(=O)/C=C/C(C)=O. The molecule has 0 atom stereocenters. The summed E-state index contributed by atoms with van der Waals surface area (Å²) in [6.45, 7) is 5.26. The van der Waals surface area contributed by atoms with Crippen LogP contribution in [0.5, 0.6) is 0 Å². The van der Waals surface area contributed by atoms with E-state index < -0.39 is 0 Å². The topological polar surface area (TPSA) is 75.3 Å². The van der Waals surface area contributed by atoms with Gasteiger partial charge in [-0.2, -0.15) is 0 Å². The van der Waals surface area contributed by atoms with Crippen LogP contribution in [0, 0.1) is 0 Å². The third kappa shape index (κ3) is 8.42. The van der Waals surface area contributed by atoms with Gasteiger partial charge < -0.3 is 10.6 Å². The summed E-state index contributed by atoms with van der Waals surface area (Å²) in [7, 11) is 0. The van der Waals surface area contributed by atoms with Crippen LogP contribution in [0.4, 0.5) is 0 Å². The normalized spacial score (nSPS) is 9.67. The van der Waals surface area contributed by atoms with Crippen LogP contribution in [0.15, 0.2) is 24.8 Å². The third-order valence-electron chi connectivity index (χ3n) is 1.38. The zero-order valence-corrected chi connectivity index (χ0v) is 8.58. The first-order valence-electron chi connectivity index (χ1n) is 4.43. The molecule has 2 amide bonds. The summed E-state index contributed by atoms with van der Waals surface area (Å²) in [4.78, 5) is 32.1. The van der Waals surface area contributed by atoms with Gasteiger partial charge in [0.2, 0.25) is 11.8 Å². The van der Waals surface area contributed by atoms with Crippen LogP contribution < -0.4 is 10.6 Å². The van der Waals surface area contributed by atoms with Crippen LogP contribution in [0.1, 0.15) is 6.92 Å². The summed E-state index contributed by atoms with van der Waals surface area (Å²) in [5.74, 6) is -0.841. The Morgan fingerprint density at radius 2 is 1.60 bits per heavy atom. The number of carbonyl (C=O) groups excluding carboxylic acids is 3. The van der Waals surface area contributed by atoms with Gasteiger partial charge in [0.1, 0.15) is 0 Å². The van der Waals surface area contributed by atoms with Crippen molar-refractivity contribution in [3.63, 3.8) is 0 Å². The molecule has 0 aliphatic heterocycles. The lowest BCUT2D eigenvalue weighted by Crippen LogP contribution is -2.33. The van der Waals surface area contributed by atoms with E-state index in [1.807, 2.05) is 0 Å². The number of nitrogens with one attached hydrogen (secondary N) is 2. The molecule has 0 fully saturated rings. The van der Waals surface area contributed by atoms with Crippen LogP contribution >= 0.6 is 0 Å². The summed E-state index contributed by atoms with van der Waals surface area (Å²) in [6, 6.07) is 0. The molecule has 82 valence electrons. The molecule has 15 heavy (non-hydrogen) atoms. The van der Waals surface area contributed by atoms with E-state index in [2.05, 4.69) is 17.2 Å². The molecule has 0 saturated carbocycles. The Hall–Kier alpha value is -1.91. The molecule has 0 bridgehead atoms. The van der Waals surface area contributed by atoms with Gasteiger partial charge >= 0.3 is 0 Å². The van der Waals surface area contributed by atoms with E-state index in [1.165, 1.54) is 13.0 Å². The van der Waals surface area contributed by atoms with Crippen molar-refractivity contribution < 1.29 is 14.4 Å². The molecule has 5 heteroatoms. The number of amides is 2. The molecule has 0 aliphatic rings. The summed E-state index contributed by atoms with van der Waals surface area (Å²) in [5.41, 5.74) is 0. The van der Waals surface area contributed by atoms with E-state index in [1.54, 1.807) is 0 Å². The first kappa shape index (κ1) is 13.1. The van der Waals surface area contributed by atoms with E-state index in [0.717, 1.165) is 12.2 Å². The van der Waals surface area contributed by atoms with Gasteiger partial charge in [-0.3, -0.25) is 14.4 Å². The van der Waals surface area contributed by atoms with Crippen molar-refractivity contribution in [3.05, 3.63) is 24.8 Å². The van der Waals surface area contributed by atoms with Crippen molar-refractivity contribution in [1.82, 2.24) is 10.6 Å². The number of hydrogen-bond donors (Lipinski definition) is 2. The van der Waals surface area contributed by atoms with Crippen LogP contribution in [0.2, 0.25) is 0 Å². The lowest BCUT2D eigenvalue weighted by molar-refractivity contribution is -0.118. The van der Waals surface area contributed by atoms with Crippen molar-refractivity contribution in [2.24, 2.45) is 0 Å². The fraction of sp³-hybridized carbons (Fsp3) is 0.300. The maximum absolute atomic E-state index is 11.0. The molecule has 0 aromatic carbocycles. The van der Waals surface area contributed by atoms with Crippen molar-refractivity contribution in [2.45, 2.75) is 6.92 Å². The van der Waals surface area contributed by atoms with E-state index >= 15 is 0 Å². The molecule has 0 radical (unpaired) electrons. The fourth-order valence-corrected chi connectivity index (χ4v) is 0.696. The Labute approximate surface area is 88.2 Å². The summed E-state index contributed by atoms with van der Waals surface area (Å²) >= 11 is 0. The Balaban J connectivity index is 3.60. The van der Waals surface area contributed by atoms with Crippen LogP contribution in [0.3, 0.4) is 0 Å². The average Bonchev–Trinajstić information content (AvgIpc) is 2.21. The van der Waals surface area contributed by atoms with Crippen molar-refractivity contribution in [1.29, 1.82) is 0 Å². The molecule has 0 spiro atoms. The van der Waals surface area contributed by atoms with Gasteiger partial charge in [0.25, 0.3) is 0 Å². The zero-order chi connectivity index (χ0) is 11.7. The number of rotatable bonds is 6. The Bertz CT molecular complexity index is 295. The molecule has 2 N–H and O–H groups in total. The van der Waals surface area contributed by atoms with Crippen molar-refractivity contribution in [3.8, 4) is 0 Å². The number of ketones is 1. The monoisotopic (exact) mass is 210 g/mol. The molecular weight excluding hydrogens is 196 g/mol. The highest BCUT2D eigenvalue weighted by Crippen LogP contribution is 1.75. The maximum atomic E-state index is 11.0. The van der Waals surface area contributed by atoms with Crippen LogP contribution in [0.25, 0.3) is 0 Å². The average molecular weight is 210 g/mol. The van der Waals surface area contributed by atoms with E-state index in [-0.39, 0.29) is 17.6 Å². The highest BCUT2D eigenvalue weighted by molar-refractivity contribution is 5.96. The maximum Gasteiger partial charge on any atom is 0.244 e. The highest BCUT2D eigenvalue weighted by Gasteiger charge is 1.96. The Morgan fingerprint density at radius 1 is 1.07 bits per heavy atom. The second-order valence-corrected chi connectivity index (χ2v) is 2.73. The number of carbonyl (C=O) groups is 3. The lowest BCUT2D eigenvalue weighted by atomic mass is 10.4. The molecular formula is C10H14N2O3. The minimum atomic E-state index is -0.363. The number of hydrogen-bond acceptors (Lipinski definition) is 3. The molecule has 0 aromatic heterocycles.